The minimum absolute atomic E-state index is 0.498. The van der Waals surface area contributed by atoms with Gasteiger partial charge in [0.2, 0.25) is 0 Å². The molecule has 0 fully saturated rings. The summed E-state index contributed by atoms with van der Waals surface area (Å²) in [5, 5.41) is 8.50. The molecule has 13 heavy (non-hydrogen) atoms. The zero-order chi connectivity index (χ0) is 9.52. The number of nitrogens with zero attached hydrogens (tertiary/aromatic N) is 2. The van der Waals surface area contributed by atoms with Crippen molar-refractivity contribution in [1.29, 1.82) is 5.26 Å². The van der Waals surface area contributed by atoms with Crippen LogP contribution in [0.2, 0.25) is 0 Å². The Morgan fingerprint density at radius 2 is 2.46 bits per heavy atom. The largest absolute Gasteiger partial charge is 0.302 e. The second kappa shape index (κ2) is 5.04. The number of aldehydes is 1. The smallest absolute Gasteiger partial charge is 0.137 e. The Labute approximate surface area is 77.0 Å². The topological polar surface area (TPSA) is 53.8 Å². The molecule has 3 heteroatoms. The molecular weight excluding hydrogens is 164 g/mol. The molecule has 0 aliphatic carbocycles. The molecule has 1 atom stereocenters. The Kier molecular flexibility index (Phi) is 3.65. The molecule has 66 valence electrons. The van der Waals surface area contributed by atoms with Gasteiger partial charge in [-0.15, -0.1) is 0 Å². The van der Waals surface area contributed by atoms with Gasteiger partial charge >= 0.3 is 0 Å². The van der Waals surface area contributed by atoms with Crippen LogP contribution in [-0.4, -0.2) is 11.3 Å². The van der Waals surface area contributed by atoms with E-state index in [0.29, 0.717) is 19.1 Å². The number of aromatic nitrogens is 1. The number of carbonyl (C=O) groups excluding carboxylic acids is 1. The van der Waals surface area contributed by atoms with Gasteiger partial charge in [-0.1, -0.05) is 6.07 Å². The van der Waals surface area contributed by atoms with E-state index in [1.54, 1.807) is 6.20 Å². The predicted molar refractivity (Wildman–Crippen MR) is 47.7 cm³/mol. The molecule has 0 N–H and O–H groups in total. The molecule has 0 spiro atoms. The van der Waals surface area contributed by atoms with Gasteiger partial charge in [0.1, 0.15) is 12.2 Å². The standard InChI is InChI=1S/C10H10N2O/c11-7-9(8-13)4-5-10-3-1-2-6-12-10/h1-3,6,8-9H,4-5H2. The lowest BCUT2D eigenvalue weighted by Crippen LogP contribution is -2.01. The maximum atomic E-state index is 10.3. The van der Waals surface area contributed by atoms with Crippen LogP contribution in [0.25, 0.3) is 0 Å². The molecule has 1 rings (SSSR count). The number of pyridine rings is 1. The fourth-order valence-corrected chi connectivity index (χ4v) is 1.01. The average molecular weight is 174 g/mol. The highest BCUT2D eigenvalue weighted by Crippen LogP contribution is 2.04. The van der Waals surface area contributed by atoms with Crippen molar-refractivity contribution in [2.45, 2.75) is 12.8 Å². The number of hydrogen-bond donors (Lipinski definition) is 0. The summed E-state index contributed by atoms with van der Waals surface area (Å²) < 4.78 is 0. The summed E-state index contributed by atoms with van der Waals surface area (Å²) in [5.41, 5.74) is 0.921. The lowest BCUT2D eigenvalue weighted by atomic mass is 10.1. The fraction of sp³-hybridized carbons (Fsp3) is 0.300. The first-order valence-electron chi connectivity index (χ1n) is 4.11. The monoisotopic (exact) mass is 174 g/mol. The number of carbonyl (C=O) groups is 1. The first kappa shape index (κ1) is 9.40. The van der Waals surface area contributed by atoms with E-state index in [0.717, 1.165) is 5.69 Å². The Balaban J connectivity index is 2.44. The normalized spacial score (nSPS) is 11.6. The molecule has 0 bridgehead atoms. The molecule has 1 aromatic heterocycles. The molecule has 0 saturated heterocycles. The molecule has 0 saturated carbocycles. The Hall–Kier alpha value is -1.69. The summed E-state index contributed by atoms with van der Waals surface area (Å²) in [4.78, 5) is 14.4. The Morgan fingerprint density at radius 3 is 3.00 bits per heavy atom. The molecule has 0 radical (unpaired) electrons. The summed E-state index contributed by atoms with van der Waals surface area (Å²) in [6, 6.07) is 7.55. The van der Waals surface area contributed by atoms with E-state index in [2.05, 4.69) is 4.98 Å². The third kappa shape index (κ3) is 3.04. The second-order valence-corrected chi connectivity index (χ2v) is 2.73. The van der Waals surface area contributed by atoms with Crippen molar-refractivity contribution in [3.8, 4) is 6.07 Å². The van der Waals surface area contributed by atoms with E-state index < -0.39 is 5.92 Å². The van der Waals surface area contributed by atoms with Gasteiger partial charge in [0.25, 0.3) is 0 Å². The van der Waals surface area contributed by atoms with Gasteiger partial charge in [-0.05, 0) is 25.0 Å². The molecule has 1 heterocycles. The Bertz CT molecular complexity index is 302. The van der Waals surface area contributed by atoms with Crippen molar-refractivity contribution in [2.75, 3.05) is 0 Å². The molecular formula is C10H10N2O. The van der Waals surface area contributed by atoms with E-state index >= 15 is 0 Å². The van der Waals surface area contributed by atoms with Crippen LogP contribution in [0.1, 0.15) is 12.1 Å². The third-order valence-electron chi connectivity index (χ3n) is 1.77. The lowest BCUT2D eigenvalue weighted by Gasteiger charge is -1.99. The van der Waals surface area contributed by atoms with Gasteiger partial charge in [0, 0.05) is 11.9 Å². The molecule has 0 aliphatic rings. The second-order valence-electron chi connectivity index (χ2n) is 2.73. The minimum Gasteiger partial charge on any atom is -0.302 e. The molecule has 1 unspecified atom stereocenters. The van der Waals surface area contributed by atoms with E-state index in [9.17, 15) is 4.79 Å². The van der Waals surface area contributed by atoms with Gasteiger partial charge in [-0.25, -0.2) is 0 Å². The van der Waals surface area contributed by atoms with E-state index in [1.165, 1.54) is 0 Å². The molecule has 0 aromatic carbocycles. The van der Waals surface area contributed by atoms with Crippen molar-refractivity contribution in [2.24, 2.45) is 5.92 Å². The van der Waals surface area contributed by atoms with Gasteiger partial charge in [0.05, 0.1) is 6.07 Å². The first-order valence-corrected chi connectivity index (χ1v) is 4.11. The zero-order valence-corrected chi connectivity index (χ0v) is 7.18. The van der Waals surface area contributed by atoms with Crippen molar-refractivity contribution in [3.05, 3.63) is 30.1 Å². The number of nitriles is 1. The summed E-state index contributed by atoms with van der Waals surface area (Å²) in [6.07, 6.45) is 3.62. The maximum Gasteiger partial charge on any atom is 0.137 e. The SMILES string of the molecule is N#CC(C=O)CCc1ccccn1. The van der Waals surface area contributed by atoms with Crippen LogP contribution in [0.3, 0.4) is 0 Å². The number of hydrogen-bond acceptors (Lipinski definition) is 3. The quantitative estimate of drug-likeness (QED) is 0.647. The van der Waals surface area contributed by atoms with Gasteiger partial charge < -0.3 is 4.79 Å². The van der Waals surface area contributed by atoms with Crippen molar-refractivity contribution < 1.29 is 4.79 Å². The van der Waals surface area contributed by atoms with Crippen molar-refractivity contribution in [1.82, 2.24) is 4.98 Å². The van der Waals surface area contributed by atoms with Crippen LogP contribution in [0, 0.1) is 17.2 Å². The molecule has 3 nitrogen and oxygen atoms in total. The highest BCUT2D eigenvalue weighted by atomic mass is 16.1. The third-order valence-corrected chi connectivity index (χ3v) is 1.77. The first-order chi connectivity index (χ1) is 6.36. The van der Waals surface area contributed by atoms with Crippen LogP contribution >= 0.6 is 0 Å². The molecule has 0 amide bonds. The van der Waals surface area contributed by atoms with Crippen LogP contribution < -0.4 is 0 Å². The number of rotatable bonds is 4. The highest BCUT2D eigenvalue weighted by Gasteiger charge is 2.05. The van der Waals surface area contributed by atoms with E-state index in [-0.39, 0.29) is 0 Å². The number of aryl methyl sites for hydroxylation is 1. The lowest BCUT2D eigenvalue weighted by molar-refractivity contribution is -0.109. The minimum atomic E-state index is -0.498. The predicted octanol–water partition coefficient (Wildman–Crippen LogP) is 1.35. The van der Waals surface area contributed by atoms with E-state index in [1.807, 2.05) is 24.3 Å². The summed E-state index contributed by atoms with van der Waals surface area (Å²) in [7, 11) is 0. The molecule has 0 aliphatic heterocycles. The highest BCUT2D eigenvalue weighted by molar-refractivity contribution is 5.57. The van der Waals surface area contributed by atoms with Crippen LogP contribution in [0.5, 0.6) is 0 Å². The fourth-order valence-electron chi connectivity index (χ4n) is 1.01. The van der Waals surface area contributed by atoms with Crippen LogP contribution in [0.15, 0.2) is 24.4 Å². The summed E-state index contributed by atoms with van der Waals surface area (Å²) in [5.74, 6) is -0.498. The van der Waals surface area contributed by atoms with Crippen molar-refractivity contribution in [3.63, 3.8) is 0 Å². The maximum absolute atomic E-state index is 10.3. The summed E-state index contributed by atoms with van der Waals surface area (Å²) >= 11 is 0. The van der Waals surface area contributed by atoms with Gasteiger partial charge in [0.15, 0.2) is 0 Å². The van der Waals surface area contributed by atoms with E-state index in [4.69, 9.17) is 5.26 Å². The van der Waals surface area contributed by atoms with Crippen LogP contribution in [-0.2, 0) is 11.2 Å². The Morgan fingerprint density at radius 1 is 1.62 bits per heavy atom. The molecule has 1 aromatic rings. The van der Waals surface area contributed by atoms with Crippen LogP contribution in [0.4, 0.5) is 0 Å². The average Bonchev–Trinajstić information content (AvgIpc) is 2.21. The summed E-state index contributed by atoms with van der Waals surface area (Å²) in [6.45, 7) is 0. The zero-order valence-electron chi connectivity index (χ0n) is 7.18. The van der Waals surface area contributed by atoms with Gasteiger partial charge in [-0.3, -0.25) is 4.98 Å². The van der Waals surface area contributed by atoms with Gasteiger partial charge in [-0.2, -0.15) is 5.26 Å². The van der Waals surface area contributed by atoms with Crippen molar-refractivity contribution >= 4 is 6.29 Å².